The van der Waals surface area contributed by atoms with Gasteiger partial charge in [0, 0.05) is 10.7 Å². The minimum absolute atomic E-state index is 0.895. The third-order valence-corrected chi connectivity index (χ3v) is 1.93. The number of carbonyl (C=O) groups is 1. The fourth-order valence-corrected chi connectivity index (χ4v) is 1.58. The molecule has 66 valence electrons. The van der Waals surface area contributed by atoms with Crippen molar-refractivity contribution in [2.24, 2.45) is 0 Å². The molecule has 0 rings (SSSR count). The molecule has 0 aliphatic carbocycles. The average molecular weight is 224 g/mol. The Morgan fingerprint density at radius 2 is 1.82 bits per heavy atom. The van der Waals surface area contributed by atoms with E-state index in [0.29, 0.717) is 0 Å². The van der Waals surface area contributed by atoms with Crippen LogP contribution in [0.1, 0.15) is 0 Å². The summed E-state index contributed by atoms with van der Waals surface area (Å²) in [6.45, 7) is 0. The van der Waals surface area contributed by atoms with Crippen molar-refractivity contribution in [3.05, 3.63) is 0 Å². The van der Waals surface area contributed by atoms with Crippen LogP contribution in [0.4, 0.5) is 4.79 Å². The van der Waals surface area contributed by atoms with Gasteiger partial charge in [0.05, 0.1) is 0 Å². The molecule has 0 saturated carbocycles. The van der Waals surface area contributed by atoms with Crippen molar-refractivity contribution in [1.82, 2.24) is 4.72 Å². The van der Waals surface area contributed by atoms with Crippen molar-refractivity contribution < 1.29 is 27.6 Å². The molecule has 11 heavy (non-hydrogen) atoms. The quantitative estimate of drug-likeness (QED) is 0.423. The van der Waals surface area contributed by atoms with Gasteiger partial charge in [-0.3, -0.25) is 4.79 Å². The maximum Gasteiger partial charge on any atom is 0.414 e. The lowest BCUT2D eigenvalue weighted by Crippen LogP contribution is -2.24. The van der Waals surface area contributed by atoms with Gasteiger partial charge >= 0.3 is 22.5 Å². The van der Waals surface area contributed by atoms with Crippen LogP contribution in [-0.2, 0) is 13.8 Å². The fourth-order valence-electron chi connectivity index (χ4n) is 0.164. The standard InChI is InChI=1S/CH3ClNO6PS/c2-11(8,9)3-1(4)10(5,6)7/h(H,3,4)(H2,5,6,7). The highest BCUT2D eigenvalue weighted by molar-refractivity contribution is 8.13. The summed E-state index contributed by atoms with van der Waals surface area (Å²) in [4.78, 5) is 26.2. The second-order valence-electron chi connectivity index (χ2n) is 1.39. The largest absolute Gasteiger partial charge is 0.414 e. The Kier molecular flexibility index (Phi) is 3.04. The molecule has 0 aromatic carbocycles. The van der Waals surface area contributed by atoms with Gasteiger partial charge in [0.15, 0.2) is 0 Å². The SMILES string of the molecule is O=C(NS(=O)(=O)Cl)P(=O)(O)O. The van der Waals surface area contributed by atoms with Crippen LogP contribution in [0.5, 0.6) is 0 Å². The summed E-state index contributed by atoms with van der Waals surface area (Å²) in [5, 5.41) is 0. The van der Waals surface area contributed by atoms with E-state index in [-0.39, 0.29) is 0 Å². The summed E-state index contributed by atoms with van der Waals surface area (Å²) < 4.78 is 30.8. The van der Waals surface area contributed by atoms with Gasteiger partial charge in [-0.05, 0) is 0 Å². The Morgan fingerprint density at radius 3 is 1.91 bits per heavy atom. The topological polar surface area (TPSA) is 121 Å². The molecule has 0 aliphatic heterocycles. The first kappa shape index (κ1) is 10.9. The predicted molar refractivity (Wildman–Crippen MR) is 35.3 cm³/mol. The summed E-state index contributed by atoms with van der Waals surface area (Å²) in [6.07, 6.45) is 0. The number of halogens is 1. The van der Waals surface area contributed by atoms with Crippen molar-refractivity contribution in [3.8, 4) is 0 Å². The van der Waals surface area contributed by atoms with E-state index < -0.39 is 22.5 Å². The molecule has 10 heteroatoms. The second-order valence-corrected chi connectivity index (χ2v) is 5.18. The van der Waals surface area contributed by atoms with Gasteiger partial charge in [0.2, 0.25) is 0 Å². The fraction of sp³-hybridized carbons (Fsp3) is 0. The summed E-state index contributed by atoms with van der Waals surface area (Å²) in [7, 11) is -5.06. The van der Waals surface area contributed by atoms with Crippen LogP contribution in [0.3, 0.4) is 0 Å². The monoisotopic (exact) mass is 223 g/mol. The van der Waals surface area contributed by atoms with Crippen molar-refractivity contribution in [1.29, 1.82) is 0 Å². The van der Waals surface area contributed by atoms with E-state index in [1.165, 1.54) is 0 Å². The highest BCUT2D eigenvalue weighted by atomic mass is 35.7. The zero-order valence-electron chi connectivity index (χ0n) is 4.76. The first-order valence-electron chi connectivity index (χ1n) is 1.95. The van der Waals surface area contributed by atoms with E-state index >= 15 is 0 Å². The van der Waals surface area contributed by atoms with Crippen LogP contribution in [0, 0.1) is 0 Å². The molecule has 0 atom stereocenters. The molecule has 0 aliphatic rings. The van der Waals surface area contributed by atoms with Crippen LogP contribution >= 0.6 is 18.3 Å². The Bertz CT molecular complexity index is 301. The van der Waals surface area contributed by atoms with Gasteiger partial charge in [0.25, 0.3) is 0 Å². The molecule has 0 aromatic heterocycles. The molecule has 0 heterocycles. The smallest absolute Gasteiger partial charge is 0.318 e. The molecule has 0 unspecified atom stereocenters. The minimum Gasteiger partial charge on any atom is -0.318 e. The van der Waals surface area contributed by atoms with E-state index in [1.807, 2.05) is 0 Å². The number of carbonyl (C=O) groups excluding carboxylic acids is 1. The van der Waals surface area contributed by atoms with Crippen LogP contribution in [0.25, 0.3) is 0 Å². The molecule has 0 spiro atoms. The molecule has 0 aromatic rings. The highest BCUT2D eigenvalue weighted by Gasteiger charge is 2.28. The van der Waals surface area contributed by atoms with Crippen molar-refractivity contribution in [2.45, 2.75) is 0 Å². The Hall–Kier alpha value is -0.140. The van der Waals surface area contributed by atoms with Gasteiger partial charge in [-0.2, -0.15) is 8.42 Å². The number of nitrogens with one attached hydrogen (secondary N) is 1. The molecule has 0 fully saturated rings. The van der Waals surface area contributed by atoms with Crippen LogP contribution in [-0.4, -0.2) is 23.9 Å². The molecular formula is CH3ClNO6PS. The lowest BCUT2D eigenvalue weighted by molar-refractivity contribution is 0.253. The van der Waals surface area contributed by atoms with E-state index in [1.54, 1.807) is 0 Å². The Morgan fingerprint density at radius 1 is 1.45 bits per heavy atom. The maximum absolute atomic E-state index is 10.1. The normalized spacial score (nSPS) is 12.6. The molecule has 7 nitrogen and oxygen atoms in total. The molecule has 0 bridgehead atoms. The van der Waals surface area contributed by atoms with Crippen molar-refractivity contribution >= 4 is 33.2 Å². The van der Waals surface area contributed by atoms with E-state index in [0.717, 1.165) is 4.72 Å². The van der Waals surface area contributed by atoms with Crippen LogP contribution in [0.15, 0.2) is 0 Å². The molecule has 0 saturated heterocycles. The van der Waals surface area contributed by atoms with E-state index in [9.17, 15) is 17.8 Å². The number of hydrogen-bond acceptors (Lipinski definition) is 4. The van der Waals surface area contributed by atoms with Crippen molar-refractivity contribution in [2.75, 3.05) is 0 Å². The minimum atomic E-state index is -5.07. The van der Waals surface area contributed by atoms with Gasteiger partial charge < -0.3 is 9.79 Å². The zero-order valence-corrected chi connectivity index (χ0v) is 7.23. The van der Waals surface area contributed by atoms with Gasteiger partial charge in [-0.15, -0.1) is 0 Å². The number of amides is 1. The summed E-state index contributed by atoms with van der Waals surface area (Å²) in [5.74, 6) is 0. The van der Waals surface area contributed by atoms with E-state index in [2.05, 4.69) is 10.7 Å². The predicted octanol–water partition coefficient (Wildman–Crippen LogP) is -0.643. The highest BCUT2D eigenvalue weighted by Crippen LogP contribution is 2.35. The van der Waals surface area contributed by atoms with Gasteiger partial charge in [0.1, 0.15) is 0 Å². The molecule has 1 amide bonds. The number of rotatable bonds is 2. The molecular weight excluding hydrogens is 221 g/mol. The Labute approximate surface area is 66.1 Å². The lowest BCUT2D eigenvalue weighted by atomic mass is 11.4. The third kappa shape index (κ3) is 5.16. The van der Waals surface area contributed by atoms with Crippen LogP contribution in [0.2, 0.25) is 0 Å². The van der Waals surface area contributed by atoms with E-state index in [4.69, 9.17) is 9.79 Å². The molecule has 3 N–H and O–H groups in total. The van der Waals surface area contributed by atoms with Crippen LogP contribution < -0.4 is 4.72 Å². The summed E-state index contributed by atoms with van der Waals surface area (Å²) >= 11 is 0. The first-order valence-corrected chi connectivity index (χ1v) is 5.87. The summed E-state index contributed by atoms with van der Waals surface area (Å²) in [5.41, 5.74) is -1.95. The summed E-state index contributed by atoms with van der Waals surface area (Å²) in [6, 6.07) is 0. The Balaban J connectivity index is 4.48. The average Bonchev–Trinajstić information content (AvgIpc) is 1.56. The van der Waals surface area contributed by atoms with Gasteiger partial charge in [-0.1, -0.05) is 0 Å². The second kappa shape index (κ2) is 3.08. The lowest BCUT2D eigenvalue weighted by Gasteiger charge is -2.00. The number of hydrogen-bond donors (Lipinski definition) is 3. The third-order valence-electron chi connectivity index (χ3n) is 0.474. The van der Waals surface area contributed by atoms with Gasteiger partial charge in [-0.25, -0.2) is 9.29 Å². The molecule has 0 radical (unpaired) electrons. The van der Waals surface area contributed by atoms with Crippen molar-refractivity contribution in [3.63, 3.8) is 0 Å². The first-order chi connectivity index (χ1) is 4.63. The zero-order chi connectivity index (χ0) is 9.28. The maximum atomic E-state index is 10.1.